The Kier molecular flexibility index (Phi) is 6.79. The highest BCUT2D eigenvalue weighted by Crippen LogP contribution is 2.24. The molecule has 10 heteroatoms. The summed E-state index contributed by atoms with van der Waals surface area (Å²) < 4.78 is 27.4. The monoisotopic (exact) mass is 449 g/mol. The van der Waals surface area contributed by atoms with Gasteiger partial charge >= 0.3 is 0 Å². The molecule has 1 fully saturated rings. The molecule has 30 heavy (non-hydrogen) atoms. The first-order valence-electron chi connectivity index (χ1n) is 9.41. The Morgan fingerprint density at radius 3 is 2.30 bits per heavy atom. The molecule has 1 heterocycles. The van der Waals surface area contributed by atoms with Crippen molar-refractivity contribution in [1.29, 1.82) is 0 Å². The van der Waals surface area contributed by atoms with Crippen LogP contribution in [0.25, 0.3) is 0 Å². The zero-order valence-corrected chi connectivity index (χ0v) is 18.4. The molecule has 1 aliphatic heterocycles. The molecule has 0 aliphatic carbocycles. The molecule has 0 bridgehead atoms. The molecule has 3 rings (SSSR count). The van der Waals surface area contributed by atoms with Gasteiger partial charge in [0.2, 0.25) is 15.9 Å². The maximum absolute atomic E-state index is 13.0. The van der Waals surface area contributed by atoms with Crippen LogP contribution in [0, 0.1) is 24.0 Å². The number of non-ortho nitro benzene ring substituents is 1. The summed E-state index contributed by atoms with van der Waals surface area (Å²) in [4.78, 5) is 25.5. The molecule has 0 spiro atoms. The number of piperazine rings is 1. The van der Waals surface area contributed by atoms with E-state index in [0.717, 1.165) is 10.5 Å². The first-order chi connectivity index (χ1) is 14.2. The Morgan fingerprint density at radius 2 is 1.70 bits per heavy atom. The molecule has 2 aromatic rings. The van der Waals surface area contributed by atoms with Crippen molar-refractivity contribution in [2.24, 2.45) is 0 Å². The number of aryl methyl sites for hydroxylation is 2. The van der Waals surface area contributed by atoms with E-state index in [-0.39, 0.29) is 30.4 Å². The van der Waals surface area contributed by atoms with Gasteiger partial charge in [-0.1, -0.05) is 12.1 Å². The fraction of sp³-hybridized carbons (Fsp3) is 0.350. The van der Waals surface area contributed by atoms with E-state index in [1.807, 2.05) is 13.0 Å². The average molecular weight is 450 g/mol. The van der Waals surface area contributed by atoms with Gasteiger partial charge in [-0.15, -0.1) is 11.8 Å². The lowest BCUT2D eigenvalue weighted by molar-refractivity contribution is -0.384. The van der Waals surface area contributed by atoms with Crippen molar-refractivity contribution in [3.8, 4) is 0 Å². The van der Waals surface area contributed by atoms with Gasteiger partial charge in [0.05, 0.1) is 15.6 Å². The second kappa shape index (κ2) is 9.15. The van der Waals surface area contributed by atoms with Gasteiger partial charge in [-0.25, -0.2) is 8.42 Å². The molecule has 160 valence electrons. The van der Waals surface area contributed by atoms with Gasteiger partial charge in [0.15, 0.2) is 0 Å². The van der Waals surface area contributed by atoms with Gasteiger partial charge < -0.3 is 4.90 Å². The Hall–Kier alpha value is -2.43. The van der Waals surface area contributed by atoms with Crippen molar-refractivity contribution in [3.63, 3.8) is 0 Å². The molecular formula is C20H23N3O5S2. The Balaban J connectivity index is 1.56. The summed E-state index contributed by atoms with van der Waals surface area (Å²) in [6.07, 6.45) is 0. The number of hydrogen-bond acceptors (Lipinski definition) is 6. The van der Waals surface area contributed by atoms with Crippen LogP contribution in [0.4, 0.5) is 5.69 Å². The number of nitrogens with zero attached hydrogens (tertiary/aromatic N) is 3. The average Bonchev–Trinajstić information content (AvgIpc) is 2.74. The van der Waals surface area contributed by atoms with E-state index < -0.39 is 14.9 Å². The summed E-state index contributed by atoms with van der Waals surface area (Å²) in [5, 5.41) is 10.7. The number of thioether (sulfide) groups is 1. The lowest BCUT2D eigenvalue weighted by atomic mass is 10.2. The standard InChI is InChI=1S/C20H23N3O5S2/c1-15-3-4-16(2)19(13-15)30(27,28)22-11-9-21(10-12-22)20(24)14-29-18-7-5-17(6-8-18)23(25)26/h3-8,13H,9-12,14H2,1-2H3. The van der Waals surface area contributed by atoms with Crippen molar-refractivity contribution in [2.45, 2.75) is 23.6 Å². The highest BCUT2D eigenvalue weighted by molar-refractivity contribution is 8.00. The molecule has 2 aromatic carbocycles. The van der Waals surface area contributed by atoms with Crippen LogP contribution in [-0.2, 0) is 14.8 Å². The molecule has 0 atom stereocenters. The molecular weight excluding hydrogens is 426 g/mol. The van der Waals surface area contributed by atoms with E-state index in [1.54, 1.807) is 36.1 Å². The van der Waals surface area contributed by atoms with E-state index in [2.05, 4.69) is 0 Å². The molecule has 0 saturated carbocycles. The SMILES string of the molecule is Cc1ccc(C)c(S(=O)(=O)N2CCN(C(=O)CSc3ccc([N+](=O)[O-])cc3)CC2)c1. The highest BCUT2D eigenvalue weighted by atomic mass is 32.2. The zero-order valence-electron chi connectivity index (χ0n) is 16.8. The minimum absolute atomic E-state index is 0.00635. The van der Waals surface area contributed by atoms with Crippen LogP contribution < -0.4 is 0 Å². The second-order valence-corrected chi connectivity index (χ2v) is 10.0. The highest BCUT2D eigenvalue weighted by Gasteiger charge is 2.31. The Morgan fingerprint density at radius 1 is 1.07 bits per heavy atom. The summed E-state index contributed by atoms with van der Waals surface area (Å²) in [5.41, 5.74) is 1.60. The van der Waals surface area contributed by atoms with Crippen molar-refractivity contribution in [3.05, 3.63) is 63.7 Å². The summed E-state index contributed by atoms with van der Waals surface area (Å²) >= 11 is 1.30. The Labute approximate surface area is 180 Å². The predicted molar refractivity (Wildman–Crippen MR) is 115 cm³/mol. The van der Waals surface area contributed by atoms with Crippen molar-refractivity contribution < 1.29 is 18.1 Å². The molecule has 0 radical (unpaired) electrons. The fourth-order valence-corrected chi connectivity index (χ4v) is 5.74. The van der Waals surface area contributed by atoms with E-state index in [9.17, 15) is 23.3 Å². The molecule has 8 nitrogen and oxygen atoms in total. The molecule has 1 amide bonds. The maximum Gasteiger partial charge on any atom is 0.269 e. The lowest BCUT2D eigenvalue weighted by Crippen LogP contribution is -2.51. The van der Waals surface area contributed by atoms with Gasteiger partial charge in [-0.3, -0.25) is 14.9 Å². The van der Waals surface area contributed by atoms with Crippen molar-refractivity contribution in [2.75, 3.05) is 31.9 Å². The number of hydrogen-bond donors (Lipinski definition) is 0. The molecule has 1 saturated heterocycles. The van der Waals surface area contributed by atoms with Gasteiger partial charge in [-0.05, 0) is 43.2 Å². The molecule has 0 aromatic heterocycles. The summed E-state index contributed by atoms with van der Waals surface area (Å²) in [6, 6.07) is 11.4. The summed E-state index contributed by atoms with van der Waals surface area (Å²) in [5.74, 6) is 0.115. The van der Waals surface area contributed by atoms with Crippen LogP contribution in [0.2, 0.25) is 0 Å². The summed E-state index contributed by atoms with van der Waals surface area (Å²) in [6.45, 7) is 4.82. The molecule has 0 N–H and O–H groups in total. The maximum atomic E-state index is 13.0. The predicted octanol–water partition coefficient (Wildman–Crippen LogP) is 2.84. The van der Waals surface area contributed by atoms with E-state index in [0.29, 0.717) is 23.5 Å². The largest absolute Gasteiger partial charge is 0.339 e. The quantitative estimate of drug-likeness (QED) is 0.382. The second-order valence-electron chi connectivity index (χ2n) is 7.09. The first kappa shape index (κ1) is 22.3. The van der Waals surface area contributed by atoms with Crippen molar-refractivity contribution in [1.82, 2.24) is 9.21 Å². The van der Waals surface area contributed by atoms with Gasteiger partial charge in [0, 0.05) is 43.2 Å². The third-order valence-electron chi connectivity index (χ3n) is 4.96. The number of carbonyl (C=O) groups is 1. The van der Waals surface area contributed by atoms with Gasteiger partial charge in [0.1, 0.15) is 0 Å². The van der Waals surface area contributed by atoms with Crippen LogP contribution in [0.5, 0.6) is 0 Å². The van der Waals surface area contributed by atoms with Crippen LogP contribution in [0.1, 0.15) is 11.1 Å². The van der Waals surface area contributed by atoms with Crippen LogP contribution >= 0.6 is 11.8 Å². The van der Waals surface area contributed by atoms with E-state index in [1.165, 1.54) is 28.2 Å². The van der Waals surface area contributed by atoms with Crippen molar-refractivity contribution >= 4 is 33.4 Å². The third kappa shape index (κ3) is 5.00. The number of rotatable bonds is 6. The fourth-order valence-electron chi connectivity index (χ4n) is 3.20. The number of sulfonamides is 1. The number of nitro benzene ring substituents is 1. The minimum Gasteiger partial charge on any atom is -0.339 e. The van der Waals surface area contributed by atoms with Crippen LogP contribution in [0.3, 0.4) is 0 Å². The number of benzene rings is 2. The first-order valence-corrected chi connectivity index (χ1v) is 11.8. The van der Waals surface area contributed by atoms with Crippen LogP contribution in [0.15, 0.2) is 52.3 Å². The smallest absolute Gasteiger partial charge is 0.269 e. The number of amides is 1. The van der Waals surface area contributed by atoms with Gasteiger partial charge in [0.25, 0.3) is 5.69 Å². The van der Waals surface area contributed by atoms with E-state index in [4.69, 9.17) is 0 Å². The van der Waals surface area contributed by atoms with E-state index >= 15 is 0 Å². The normalized spacial score (nSPS) is 15.2. The summed E-state index contributed by atoms with van der Waals surface area (Å²) in [7, 11) is -3.60. The van der Waals surface area contributed by atoms with Crippen LogP contribution in [-0.4, -0.2) is 60.4 Å². The Bertz CT molecular complexity index is 1050. The number of carbonyl (C=O) groups excluding carboxylic acids is 1. The minimum atomic E-state index is -3.60. The zero-order chi connectivity index (χ0) is 21.9. The van der Waals surface area contributed by atoms with Gasteiger partial charge in [-0.2, -0.15) is 4.31 Å². The molecule has 1 aliphatic rings. The lowest BCUT2D eigenvalue weighted by Gasteiger charge is -2.34. The topological polar surface area (TPSA) is 101 Å². The molecule has 0 unspecified atom stereocenters. The number of nitro groups is 1. The third-order valence-corrected chi connectivity index (χ3v) is 8.00.